The summed E-state index contributed by atoms with van der Waals surface area (Å²) in [6.45, 7) is 2.81. The molecule has 1 atom stereocenters. The first-order chi connectivity index (χ1) is 11.3. The zero-order valence-electron chi connectivity index (χ0n) is 13.0. The zero-order valence-corrected chi connectivity index (χ0v) is 13.0. The summed E-state index contributed by atoms with van der Waals surface area (Å²) in [6.07, 6.45) is 5.13. The van der Waals surface area contributed by atoms with Crippen LogP contribution in [0.4, 0.5) is 11.6 Å². The Kier molecular flexibility index (Phi) is 4.79. The molecule has 0 aliphatic rings. The Balaban J connectivity index is 1.63. The molecule has 0 saturated carbocycles. The molecule has 5 heteroatoms. The molecule has 23 heavy (non-hydrogen) atoms. The van der Waals surface area contributed by atoms with Gasteiger partial charge in [-0.3, -0.25) is 4.98 Å². The fourth-order valence-corrected chi connectivity index (χ4v) is 2.27. The topological polar surface area (TPSA) is 62.7 Å². The second-order valence-corrected chi connectivity index (χ2v) is 5.27. The largest absolute Gasteiger partial charge is 0.366 e. The Morgan fingerprint density at radius 2 is 1.70 bits per heavy atom. The van der Waals surface area contributed by atoms with Crippen LogP contribution in [0, 0.1) is 0 Å². The standard InChI is InChI=1S/C18H19N5/c1-14(16-5-3-2-4-6-16)23-18-11-17(21-13-22-18)20-12-15-7-9-19-10-8-15/h2-11,13-14H,12H2,1H3,(H2,20,21,22,23). The van der Waals surface area contributed by atoms with E-state index in [0.717, 1.165) is 17.2 Å². The lowest BCUT2D eigenvalue weighted by Gasteiger charge is -2.15. The molecule has 1 unspecified atom stereocenters. The Morgan fingerprint density at radius 3 is 2.48 bits per heavy atom. The molecule has 2 N–H and O–H groups in total. The number of rotatable bonds is 6. The van der Waals surface area contributed by atoms with Gasteiger partial charge in [0.2, 0.25) is 0 Å². The lowest BCUT2D eigenvalue weighted by Crippen LogP contribution is -2.09. The molecule has 2 aromatic heterocycles. The maximum Gasteiger partial charge on any atom is 0.131 e. The van der Waals surface area contributed by atoms with Crippen LogP contribution in [0.5, 0.6) is 0 Å². The van der Waals surface area contributed by atoms with Crippen LogP contribution in [0.15, 0.2) is 67.3 Å². The Bertz CT molecular complexity index is 731. The van der Waals surface area contributed by atoms with E-state index in [2.05, 4.69) is 44.6 Å². The SMILES string of the molecule is CC(Nc1cc(NCc2ccncc2)ncn1)c1ccccc1. The van der Waals surface area contributed by atoms with E-state index < -0.39 is 0 Å². The van der Waals surface area contributed by atoms with Gasteiger partial charge in [-0.1, -0.05) is 30.3 Å². The van der Waals surface area contributed by atoms with Crippen molar-refractivity contribution in [3.8, 4) is 0 Å². The summed E-state index contributed by atoms with van der Waals surface area (Å²) in [7, 11) is 0. The minimum Gasteiger partial charge on any atom is -0.366 e. The molecule has 3 aromatic rings. The van der Waals surface area contributed by atoms with Crippen molar-refractivity contribution in [2.75, 3.05) is 10.6 Å². The molecular weight excluding hydrogens is 286 g/mol. The van der Waals surface area contributed by atoms with Gasteiger partial charge in [0.05, 0.1) is 0 Å². The van der Waals surface area contributed by atoms with Gasteiger partial charge in [0.1, 0.15) is 18.0 Å². The number of nitrogens with zero attached hydrogens (tertiary/aromatic N) is 3. The van der Waals surface area contributed by atoms with Crippen LogP contribution < -0.4 is 10.6 Å². The van der Waals surface area contributed by atoms with E-state index in [0.29, 0.717) is 6.54 Å². The fourth-order valence-electron chi connectivity index (χ4n) is 2.27. The van der Waals surface area contributed by atoms with Crippen LogP contribution in [0.25, 0.3) is 0 Å². The maximum absolute atomic E-state index is 4.29. The van der Waals surface area contributed by atoms with Gasteiger partial charge >= 0.3 is 0 Å². The highest BCUT2D eigenvalue weighted by Crippen LogP contribution is 2.18. The minimum atomic E-state index is 0.180. The first-order valence-electron chi connectivity index (χ1n) is 7.57. The van der Waals surface area contributed by atoms with Gasteiger partial charge < -0.3 is 10.6 Å². The van der Waals surface area contributed by atoms with Gasteiger partial charge in [0.25, 0.3) is 0 Å². The van der Waals surface area contributed by atoms with Gasteiger partial charge in [0, 0.05) is 31.0 Å². The van der Waals surface area contributed by atoms with Crippen molar-refractivity contribution in [1.82, 2.24) is 15.0 Å². The van der Waals surface area contributed by atoms with E-state index in [1.54, 1.807) is 18.7 Å². The van der Waals surface area contributed by atoms with Crippen LogP contribution in [-0.4, -0.2) is 15.0 Å². The third kappa shape index (κ3) is 4.26. The number of aromatic nitrogens is 3. The number of hydrogen-bond acceptors (Lipinski definition) is 5. The molecular formula is C18H19N5. The third-order valence-electron chi connectivity index (χ3n) is 3.55. The summed E-state index contributed by atoms with van der Waals surface area (Å²) < 4.78 is 0. The van der Waals surface area contributed by atoms with Crippen molar-refractivity contribution in [1.29, 1.82) is 0 Å². The smallest absolute Gasteiger partial charge is 0.131 e. The molecule has 5 nitrogen and oxygen atoms in total. The normalized spacial score (nSPS) is 11.7. The molecule has 3 rings (SSSR count). The highest BCUT2D eigenvalue weighted by molar-refractivity contribution is 5.48. The Hall–Kier alpha value is -2.95. The summed E-state index contributed by atoms with van der Waals surface area (Å²) in [4.78, 5) is 12.6. The zero-order chi connectivity index (χ0) is 15.9. The molecule has 0 amide bonds. The van der Waals surface area contributed by atoms with Gasteiger partial charge in [0.15, 0.2) is 0 Å². The van der Waals surface area contributed by atoms with Crippen LogP contribution in [0.1, 0.15) is 24.1 Å². The Labute approximate surface area is 135 Å². The van der Waals surface area contributed by atoms with Crippen molar-refractivity contribution < 1.29 is 0 Å². The van der Waals surface area contributed by atoms with Crippen LogP contribution in [0.2, 0.25) is 0 Å². The van der Waals surface area contributed by atoms with Crippen molar-refractivity contribution in [3.63, 3.8) is 0 Å². The molecule has 0 fully saturated rings. The van der Waals surface area contributed by atoms with Crippen LogP contribution in [0.3, 0.4) is 0 Å². The lowest BCUT2D eigenvalue weighted by atomic mass is 10.1. The van der Waals surface area contributed by atoms with Crippen LogP contribution >= 0.6 is 0 Å². The van der Waals surface area contributed by atoms with E-state index in [9.17, 15) is 0 Å². The molecule has 116 valence electrons. The fraction of sp³-hybridized carbons (Fsp3) is 0.167. The summed E-state index contributed by atoms with van der Waals surface area (Å²) in [5, 5.41) is 6.69. The quantitative estimate of drug-likeness (QED) is 0.727. The molecule has 0 aliphatic carbocycles. The predicted molar refractivity (Wildman–Crippen MR) is 92.1 cm³/mol. The van der Waals surface area contributed by atoms with E-state index in [4.69, 9.17) is 0 Å². The highest BCUT2D eigenvalue weighted by Gasteiger charge is 2.06. The van der Waals surface area contributed by atoms with Crippen molar-refractivity contribution in [2.24, 2.45) is 0 Å². The Morgan fingerprint density at radius 1 is 0.957 bits per heavy atom. The van der Waals surface area contributed by atoms with Gasteiger partial charge in [-0.2, -0.15) is 0 Å². The maximum atomic E-state index is 4.29. The van der Waals surface area contributed by atoms with Crippen molar-refractivity contribution >= 4 is 11.6 Å². The summed E-state index contributed by atoms with van der Waals surface area (Å²) >= 11 is 0. The van der Waals surface area contributed by atoms with Crippen molar-refractivity contribution in [3.05, 3.63) is 78.4 Å². The predicted octanol–water partition coefficient (Wildman–Crippen LogP) is 3.66. The molecule has 0 saturated heterocycles. The minimum absolute atomic E-state index is 0.180. The van der Waals surface area contributed by atoms with Gasteiger partial charge in [-0.15, -0.1) is 0 Å². The van der Waals surface area contributed by atoms with E-state index >= 15 is 0 Å². The molecule has 0 spiro atoms. The monoisotopic (exact) mass is 305 g/mol. The van der Waals surface area contributed by atoms with E-state index in [-0.39, 0.29) is 6.04 Å². The first kappa shape index (κ1) is 15.0. The third-order valence-corrected chi connectivity index (χ3v) is 3.55. The molecule has 2 heterocycles. The second kappa shape index (κ2) is 7.35. The highest BCUT2D eigenvalue weighted by atomic mass is 15.1. The molecule has 0 bridgehead atoms. The molecule has 1 aromatic carbocycles. The van der Waals surface area contributed by atoms with Crippen LogP contribution in [-0.2, 0) is 6.54 Å². The average molecular weight is 305 g/mol. The number of hydrogen-bond donors (Lipinski definition) is 2. The molecule has 0 radical (unpaired) electrons. The van der Waals surface area contributed by atoms with E-state index in [1.165, 1.54) is 5.56 Å². The molecule has 0 aliphatic heterocycles. The summed E-state index contributed by atoms with van der Waals surface area (Å²) in [5.41, 5.74) is 2.38. The second-order valence-electron chi connectivity index (χ2n) is 5.27. The number of anilines is 2. The number of benzene rings is 1. The number of pyridine rings is 1. The van der Waals surface area contributed by atoms with Gasteiger partial charge in [-0.05, 0) is 30.2 Å². The lowest BCUT2D eigenvalue weighted by molar-refractivity contribution is 0.871. The van der Waals surface area contributed by atoms with Gasteiger partial charge in [-0.25, -0.2) is 9.97 Å². The number of nitrogens with one attached hydrogen (secondary N) is 2. The van der Waals surface area contributed by atoms with E-state index in [1.807, 2.05) is 36.4 Å². The van der Waals surface area contributed by atoms with Crippen molar-refractivity contribution in [2.45, 2.75) is 19.5 Å². The summed E-state index contributed by atoms with van der Waals surface area (Å²) in [6, 6.07) is 16.3. The summed E-state index contributed by atoms with van der Waals surface area (Å²) in [5.74, 6) is 1.59. The average Bonchev–Trinajstić information content (AvgIpc) is 2.62. The first-order valence-corrected chi connectivity index (χ1v) is 7.57.